The van der Waals surface area contributed by atoms with E-state index < -0.39 is 42.5 Å². The van der Waals surface area contributed by atoms with Crippen LogP contribution in [0.3, 0.4) is 0 Å². The molecule has 9 heteroatoms. The molecule has 2 N–H and O–H groups in total. The number of alkyl halides is 3. The van der Waals surface area contributed by atoms with Crippen molar-refractivity contribution < 1.29 is 32.7 Å². The van der Waals surface area contributed by atoms with E-state index in [9.17, 15) is 27.6 Å². The zero-order chi connectivity index (χ0) is 17.1. The van der Waals surface area contributed by atoms with Crippen molar-refractivity contribution in [3.63, 3.8) is 0 Å². The first-order valence-electron chi connectivity index (χ1n) is 6.87. The van der Waals surface area contributed by atoms with Gasteiger partial charge in [0.15, 0.2) is 0 Å². The fourth-order valence-corrected chi connectivity index (χ4v) is 2.30. The Hall–Kier alpha value is -1.80. The largest absolute Gasteiger partial charge is 0.480 e. The number of amides is 2. The van der Waals surface area contributed by atoms with Gasteiger partial charge in [-0.2, -0.15) is 13.2 Å². The number of nitrogens with one attached hydrogen (secondary N) is 1. The quantitative estimate of drug-likeness (QED) is 0.763. The molecule has 0 aliphatic carbocycles. The SMILES string of the molecule is CC(C)C[C@H](NC(=O)[C@@H]1CC(=O)N(CC(F)(F)F)C1)C(=O)O. The second-order valence-corrected chi connectivity index (χ2v) is 5.82. The van der Waals surface area contributed by atoms with Crippen LogP contribution in [-0.2, 0) is 14.4 Å². The van der Waals surface area contributed by atoms with Crippen LogP contribution in [0.2, 0.25) is 0 Å². The van der Waals surface area contributed by atoms with Crippen LogP contribution >= 0.6 is 0 Å². The van der Waals surface area contributed by atoms with Crippen molar-refractivity contribution in [1.82, 2.24) is 10.2 Å². The van der Waals surface area contributed by atoms with Crippen LogP contribution in [0.15, 0.2) is 0 Å². The van der Waals surface area contributed by atoms with E-state index >= 15 is 0 Å². The van der Waals surface area contributed by atoms with E-state index in [2.05, 4.69) is 5.32 Å². The molecule has 1 heterocycles. The third kappa shape index (κ3) is 5.53. The van der Waals surface area contributed by atoms with Gasteiger partial charge in [-0.1, -0.05) is 13.8 Å². The Bertz CT molecular complexity index is 451. The number of carbonyl (C=O) groups excluding carboxylic acids is 2. The number of rotatable bonds is 6. The molecule has 1 saturated heterocycles. The number of likely N-dealkylation sites (tertiary alicyclic amines) is 1. The molecule has 6 nitrogen and oxygen atoms in total. The first-order valence-corrected chi connectivity index (χ1v) is 6.87. The zero-order valence-electron chi connectivity index (χ0n) is 12.3. The van der Waals surface area contributed by atoms with Crippen LogP contribution in [0.4, 0.5) is 13.2 Å². The summed E-state index contributed by atoms with van der Waals surface area (Å²) in [5.41, 5.74) is 0. The second kappa shape index (κ2) is 6.97. The molecule has 0 unspecified atom stereocenters. The molecule has 22 heavy (non-hydrogen) atoms. The van der Waals surface area contributed by atoms with Gasteiger partial charge in [0.2, 0.25) is 11.8 Å². The minimum Gasteiger partial charge on any atom is -0.480 e. The molecule has 0 aromatic carbocycles. The fraction of sp³-hybridized carbons (Fsp3) is 0.769. The first-order chi connectivity index (χ1) is 9.99. The van der Waals surface area contributed by atoms with Crippen LogP contribution < -0.4 is 5.32 Å². The Kier molecular flexibility index (Phi) is 5.78. The molecule has 0 aromatic rings. The highest BCUT2D eigenvalue weighted by molar-refractivity contribution is 5.91. The maximum Gasteiger partial charge on any atom is 0.406 e. The fourth-order valence-electron chi connectivity index (χ4n) is 2.30. The van der Waals surface area contributed by atoms with Crippen LogP contribution in [0.5, 0.6) is 0 Å². The van der Waals surface area contributed by atoms with Crippen LogP contribution in [-0.4, -0.2) is 53.1 Å². The second-order valence-electron chi connectivity index (χ2n) is 5.82. The van der Waals surface area contributed by atoms with Gasteiger partial charge in [-0.15, -0.1) is 0 Å². The summed E-state index contributed by atoms with van der Waals surface area (Å²) in [5, 5.41) is 11.3. The number of carboxylic acid groups (broad SMARTS) is 1. The summed E-state index contributed by atoms with van der Waals surface area (Å²) >= 11 is 0. The Balaban J connectivity index is 2.63. The van der Waals surface area contributed by atoms with Gasteiger partial charge in [-0.25, -0.2) is 4.79 Å². The molecular weight excluding hydrogens is 305 g/mol. The number of hydrogen-bond acceptors (Lipinski definition) is 3. The molecule has 0 bridgehead atoms. The van der Waals surface area contributed by atoms with Crippen molar-refractivity contribution in [3.05, 3.63) is 0 Å². The van der Waals surface area contributed by atoms with E-state index in [1.165, 1.54) is 0 Å². The lowest BCUT2D eigenvalue weighted by Gasteiger charge is -2.20. The van der Waals surface area contributed by atoms with Gasteiger partial charge in [0.25, 0.3) is 0 Å². The minimum atomic E-state index is -4.53. The van der Waals surface area contributed by atoms with Gasteiger partial charge >= 0.3 is 12.1 Å². The van der Waals surface area contributed by atoms with Gasteiger partial charge in [-0.3, -0.25) is 9.59 Å². The summed E-state index contributed by atoms with van der Waals surface area (Å²) in [6.45, 7) is 1.82. The summed E-state index contributed by atoms with van der Waals surface area (Å²) < 4.78 is 36.9. The molecule has 126 valence electrons. The number of aliphatic carboxylic acids is 1. The predicted octanol–water partition coefficient (Wildman–Crippen LogP) is 1.01. The molecule has 1 aliphatic heterocycles. The van der Waals surface area contributed by atoms with E-state index in [1.807, 2.05) is 0 Å². The Morgan fingerprint density at radius 1 is 1.41 bits per heavy atom. The number of carboxylic acids is 1. The molecule has 1 rings (SSSR count). The number of halogens is 3. The topological polar surface area (TPSA) is 86.7 Å². The van der Waals surface area contributed by atoms with Crippen molar-refractivity contribution in [2.75, 3.05) is 13.1 Å². The van der Waals surface area contributed by atoms with Crippen molar-refractivity contribution in [1.29, 1.82) is 0 Å². The third-order valence-corrected chi connectivity index (χ3v) is 3.28. The number of carbonyl (C=O) groups is 3. The lowest BCUT2D eigenvalue weighted by atomic mass is 10.0. The maximum absolute atomic E-state index is 12.3. The van der Waals surface area contributed by atoms with Crippen molar-refractivity contribution in [2.24, 2.45) is 11.8 Å². The molecular formula is C13H19F3N2O4. The highest BCUT2D eigenvalue weighted by Crippen LogP contribution is 2.24. The molecule has 2 amide bonds. The summed E-state index contributed by atoms with van der Waals surface area (Å²) in [7, 11) is 0. The highest BCUT2D eigenvalue weighted by atomic mass is 19.4. The maximum atomic E-state index is 12.3. The smallest absolute Gasteiger partial charge is 0.406 e. The number of nitrogens with zero attached hydrogens (tertiary/aromatic N) is 1. The zero-order valence-corrected chi connectivity index (χ0v) is 12.3. The molecule has 0 saturated carbocycles. The van der Waals surface area contributed by atoms with Gasteiger partial charge in [0.1, 0.15) is 12.6 Å². The standard InChI is InChI=1S/C13H19F3N2O4/c1-7(2)3-9(12(21)22)17-11(20)8-4-10(19)18(5-8)6-13(14,15)16/h7-9H,3-6H2,1-2H3,(H,17,20)(H,21,22)/t8-,9+/m1/s1. The van der Waals surface area contributed by atoms with E-state index in [-0.39, 0.29) is 25.3 Å². The van der Waals surface area contributed by atoms with E-state index in [1.54, 1.807) is 13.8 Å². The molecule has 0 aromatic heterocycles. The summed E-state index contributed by atoms with van der Waals surface area (Å²) in [5.74, 6) is -3.60. The summed E-state index contributed by atoms with van der Waals surface area (Å²) in [6.07, 6.45) is -4.66. The molecule has 0 radical (unpaired) electrons. The third-order valence-electron chi connectivity index (χ3n) is 3.28. The first kappa shape index (κ1) is 18.2. The van der Waals surface area contributed by atoms with E-state index in [4.69, 9.17) is 5.11 Å². The Labute approximate surface area is 125 Å². The van der Waals surface area contributed by atoms with E-state index in [0.29, 0.717) is 4.90 Å². The lowest BCUT2D eigenvalue weighted by Crippen LogP contribution is -2.45. The van der Waals surface area contributed by atoms with E-state index in [0.717, 1.165) is 0 Å². The summed E-state index contributed by atoms with van der Waals surface area (Å²) in [6, 6.07) is -1.11. The number of hydrogen-bond donors (Lipinski definition) is 2. The Morgan fingerprint density at radius 3 is 2.45 bits per heavy atom. The summed E-state index contributed by atoms with van der Waals surface area (Å²) in [4.78, 5) is 35.1. The average molecular weight is 324 g/mol. The van der Waals surface area contributed by atoms with Gasteiger partial charge in [0, 0.05) is 13.0 Å². The van der Waals surface area contributed by atoms with Gasteiger partial charge in [0.05, 0.1) is 5.92 Å². The van der Waals surface area contributed by atoms with Crippen molar-refractivity contribution >= 4 is 17.8 Å². The molecule has 2 atom stereocenters. The van der Waals surface area contributed by atoms with Gasteiger partial charge < -0.3 is 15.3 Å². The Morgan fingerprint density at radius 2 is 2.00 bits per heavy atom. The highest BCUT2D eigenvalue weighted by Gasteiger charge is 2.41. The normalized spacial score (nSPS) is 20.4. The van der Waals surface area contributed by atoms with Crippen molar-refractivity contribution in [2.45, 2.75) is 38.9 Å². The monoisotopic (exact) mass is 324 g/mol. The molecule has 1 fully saturated rings. The van der Waals surface area contributed by atoms with Crippen LogP contribution in [0.1, 0.15) is 26.7 Å². The van der Waals surface area contributed by atoms with Crippen molar-refractivity contribution in [3.8, 4) is 0 Å². The lowest BCUT2D eigenvalue weighted by molar-refractivity contribution is -0.157. The predicted molar refractivity (Wildman–Crippen MR) is 69.8 cm³/mol. The van der Waals surface area contributed by atoms with Crippen LogP contribution in [0, 0.1) is 11.8 Å². The molecule has 1 aliphatic rings. The van der Waals surface area contributed by atoms with Crippen LogP contribution in [0.25, 0.3) is 0 Å². The minimum absolute atomic E-state index is 0.0216. The average Bonchev–Trinajstić information content (AvgIpc) is 2.67. The van der Waals surface area contributed by atoms with Gasteiger partial charge in [-0.05, 0) is 12.3 Å². The molecule has 0 spiro atoms.